The Balaban J connectivity index is 1.94. The third kappa shape index (κ3) is 2.26. The van der Waals surface area contributed by atoms with Crippen molar-refractivity contribution < 1.29 is 13.2 Å². The van der Waals surface area contributed by atoms with Crippen molar-refractivity contribution in [2.24, 2.45) is 0 Å². The zero-order chi connectivity index (χ0) is 14.3. The van der Waals surface area contributed by atoms with Gasteiger partial charge in [-0.1, -0.05) is 30.3 Å². The van der Waals surface area contributed by atoms with Gasteiger partial charge in [-0.3, -0.25) is 0 Å². The third-order valence-corrected chi connectivity index (χ3v) is 3.73. The Labute approximate surface area is 115 Å². The molecule has 0 bridgehead atoms. The Morgan fingerprint density at radius 3 is 2.10 bits per heavy atom. The van der Waals surface area contributed by atoms with E-state index in [1.54, 1.807) is 12.1 Å². The summed E-state index contributed by atoms with van der Waals surface area (Å²) >= 11 is 0. The van der Waals surface area contributed by atoms with Crippen LogP contribution in [0, 0.1) is 6.92 Å². The van der Waals surface area contributed by atoms with Gasteiger partial charge < -0.3 is 4.90 Å². The lowest BCUT2D eigenvalue weighted by Gasteiger charge is -2.20. The average molecular weight is 277 g/mol. The first-order valence-electron chi connectivity index (χ1n) is 6.45. The maximum atomic E-state index is 13.0. The van der Waals surface area contributed by atoms with Crippen LogP contribution >= 0.6 is 0 Å². The van der Waals surface area contributed by atoms with Crippen LogP contribution in [0.25, 0.3) is 0 Å². The standard InChI is InChI=1S/C16H14F3N/c1-11-6-7-14(8-15(11)16(17,18)19)20-9-12-4-2-3-5-13(12)10-20/h2-8H,9-10H2,1H3. The molecule has 0 radical (unpaired) electrons. The van der Waals surface area contributed by atoms with Crippen LogP contribution in [0.15, 0.2) is 42.5 Å². The second-order valence-corrected chi connectivity index (χ2v) is 5.12. The van der Waals surface area contributed by atoms with Crippen LogP contribution in [0.5, 0.6) is 0 Å². The van der Waals surface area contributed by atoms with E-state index in [1.165, 1.54) is 24.1 Å². The molecule has 3 rings (SSSR count). The number of hydrogen-bond donors (Lipinski definition) is 0. The van der Waals surface area contributed by atoms with Crippen molar-refractivity contribution in [3.8, 4) is 0 Å². The predicted molar refractivity (Wildman–Crippen MR) is 72.5 cm³/mol. The minimum absolute atomic E-state index is 0.262. The summed E-state index contributed by atoms with van der Waals surface area (Å²) in [5.74, 6) is 0. The highest BCUT2D eigenvalue weighted by atomic mass is 19.4. The lowest BCUT2D eigenvalue weighted by Crippen LogP contribution is -2.16. The van der Waals surface area contributed by atoms with Gasteiger partial charge in [-0.15, -0.1) is 0 Å². The lowest BCUT2D eigenvalue weighted by atomic mass is 10.1. The minimum atomic E-state index is -4.30. The highest BCUT2D eigenvalue weighted by Crippen LogP contribution is 2.36. The predicted octanol–water partition coefficient (Wildman–Crippen LogP) is 4.53. The molecule has 20 heavy (non-hydrogen) atoms. The van der Waals surface area contributed by atoms with Gasteiger partial charge in [0.05, 0.1) is 5.56 Å². The van der Waals surface area contributed by atoms with Gasteiger partial charge in [0.1, 0.15) is 0 Å². The summed E-state index contributed by atoms with van der Waals surface area (Å²) in [6.07, 6.45) is -4.30. The maximum absolute atomic E-state index is 13.0. The molecule has 0 spiro atoms. The van der Waals surface area contributed by atoms with Crippen molar-refractivity contribution in [3.63, 3.8) is 0 Å². The van der Waals surface area contributed by atoms with E-state index in [9.17, 15) is 13.2 Å². The number of benzene rings is 2. The van der Waals surface area contributed by atoms with Crippen molar-refractivity contribution in [1.29, 1.82) is 0 Å². The van der Waals surface area contributed by atoms with Crippen molar-refractivity contribution in [2.75, 3.05) is 4.90 Å². The Hall–Kier alpha value is -1.97. The fourth-order valence-corrected chi connectivity index (χ4v) is 2.63. The molecule has 0 aliphatic carbocycles. The summed E-state index contributed by atoms with van der Waals surface area (Å²) in [5, 5.41) is 0. The van der Waals surface area contributed by atoms with Gasteiger partial charge >= 0.3 is 6.18 Å². The molecule has 1 aliphatic rings. The molecular weight excluding hydrogens is 263 g/mol. The van der Waals surface area contributed by atoms with E-state index in [2.05, 4.69) is 0 Å². The van der Waals surface area contributed by atoms with E-state index >= 15 is 0 Å². The number of alkyl halides is 3. The maximum Gasteiger partial charge on any atom is 0.416 e. The molecule has 1 heterocycles. The Kier molecular flexibility index (Phi) is 2.96. The van der Waals surface area contributed by atoms with E-state index < -0.39 is 11.7 Å². The average Bonchev–Trinajstić information content (AvgIpc) is 2.81. The van der Waals surface area contributed by atoms with E-state index in [0.29, 0.717) is 18.8 Å². The number of nitrogens with zero attached hydrogens (tertiary/aromatic N) is 1. The summed E-state index contributed by atoms with van der Waals surface area (Å²) in [4.78, 5) is 1.97. The Morgan fingerprint density at radius 1 is 0.950 bits per heavy atom. The third-order valence-electron chi connectivity index (χ3n) is 3.73. The van der Waals surface area contributed by atoms with Gasteiger partial charge in [0, 0.05) is 18.8 Å². The van der Waals surface area contributed by atoms with Gasteiger partial charge in [-0.25, -0.2) is 0 Å². The van der Waals surface area contributed by atoms with Gasteiger partial charge in [0.25, 0.3) is 0 Å². The van der Waals surface area contributed by atoms with Gasteiger partial charge in [0.15, 0.2) is 0 Å². The van der Waals surface area contributed by atoms with E-state index in [-0.39, 0.29) is 5.56 Å². The zero-order valence-electron chi connectivity index (χ0n) is 11.0. The van der Waals surface area contributed by atoms with Crippen LogP contribution in [-0.2, 0) is 19.3 Å². The lowest BCUT2D eigenvalue weighted by molar-refractivity contribution is -0.138. The second-order valence-electron chi connectivity index (χ2n) is 5.12. The first-order chi connectivity index (χ1) is 9.45. The van der Waals surface area contributed by atoms with Crippen LogP contribution in [0.1, 0.15) is 22.3 Å². The molecule has 1 aliphatic heterocycles. The van der Waals surface area contributed by atoms with E-state index in [1.807, 2.05) is 29.2 Å². The first kappa shape index (κ1) is 13.0. The molecule has 104 valence electrons. The van der Waals surface area contributed by atoms with Gasteiger partial charge in [-0.2, -0.15) is 13.2 Å². The Morgan fingerprint density at radius 2 is 1.55 bits per heavy atom. The molecule has 1 nitrogen and oxygen atoms in total. The smallest absolute Gasteiger partial charge is 0.363 e. The topological polar surface area (TPSA) is 3.24 Å². The molecule has 2 aromatic rings. The Bertz CT molecular complexity index is 621. The number of halogens is 3. The van der Waals surface area contributed by atoms with Crippen molar-refractivity contribution in [3.05, 3.63) is 64.7 Å². The summed E-state index contributed by atoms with van der Waals surface area (Å²) in [6, 6.07) is 12.5. The van der Waals surface area contributed by atoms with Crippen LogP contribution in [-0.4, -0.2) is 0 Å². The normalized spacial score (nSPS) is 14.5. The fourth-order valence-electron chi connectivity index (χ4n) is 2.63. The molecular formula is C16H14F3N. The largest absolute Gasteiger partial charge is 0.416 e. The summed E-state index contributed by atoms with van der Waals surface area (Å²) in [5.41, 5.74) is 2.70. The molecule has 0 aromatic heterocycles. The molecule has 2 aromatic carbocycles. The highest BCUT2D eigenvalue weighted by Gasteiger charge is 2.33. The molecule has 0 N–H and O–H groups in total. The molecule has 0 saturated carbocycles. The highest BCUT2D eigenvalue weighted by molar-refractivity contribution is 5.55. The summed E-state index contributed by atoms with van der Waals surface area (Å²) < 4.78 is 38.9. The van der Waals surface area contributed by atoms with Crippen LogP contribution < -0.4 is 4.90 Å². The first-order valence-corrected chi connectivity index (χ1v) is 6.45. The zero-order valence-corrected chi connectivity index (χ0v) is 11.0. The van der Waals surface area contributed by atoms with Crippen molar-refractivity contribution >= 4 is 5.69 Å². The van der Waals surface area contributed by atoms with Crippen molar-refractivity contribution in [1.82, 2.24) is 0 Å². The summed E-state index contributed by atoms with van der Waals surface area (Å²) in [7, 11) is 0. The molecule has 0 unspecified atom stereocenters. The quantitative estimate of drug-likeness (QED) is 0.740. The second kappa shape index (κ2) is 4.54. The van der Waals surface area contributed by atoms with Crippen LogP contribution in [0.3, 0.4) is 0 Å². The number of fused-ring (bicyclic) bond motifs is 1. The number of rotatable bonds is 1. The van der Waals surface area contributed by atoms with Gasteiger partial charge in [-0.05, 0) is 35.7 Å². The van der Waals surface area contributed by atoms with Crippen LogP contribution in [0.4, 0.5) is 18.9 Å². The van der Waals surface area contributed by atoms with E-state index in [0.717, 1.165) is 0 Å². The summed E-state index contributed by atoms with van der Waals surface area (Å²) in [6.45, 7) is 2.82. The molecule has 4 heteroatoms. The molecule has 0 amide bonds. The minimum Gasteiger partial charge on any atom is -0.363 e. The SMILES string of the molecule is Cc1ccc(N2Cc3ccccc3C2)cc1C(F)(F)F. The molecule has 0 atom stereocenters. The number of aryl methyl sites for hydroxylation is 1. The monoisotopic (exact) mass is 277 g/mol. The number of anilines is 1. The fraction of sp³-hybridized carbons (Fsp3) is 0.250. The molecule has 0 saturated heterocycles. The number of hydrogen-bond acceptors (Lipinski definition) is 1. The van der Waals surface area contributed by atoms with Crippen LogP contribution in [0.2, 0.25) is 0 Å². The van der Waals surface area contributed by atoms with E-state index in [4.69, 9.17) is 0 Å². The van der Waals surface area contributed by atoms with Gasteiger partial charge in [0.2, 0.25) is 0 Å². The van der Waals surface area contributed by atoms with Crippen molar-refractivity contribution in [2.45, 2.75) is 26.2 Å². The molecule has 0 fully saturated rings.